The fourth-order valence-corrected chi connectivity index (χ4v) is 2.26. The zero-order chi connectivity index (χ0) is 13.5. The summed E-state index contributed by atoms with van der Waals surface area (Å²) in [5, 5.41) is 5.10. The van der Waals surface area contributed by atoms with Crippen molar-refractivity contribution in [3.63, 3.8) is 0 Å². The number of ether oxygens (including phenoxy) is 2. The molecule has 0 saturated carbocycles. The van der Waals surface area contributed by atoms with Gasteiger partial charge in [-0.25, -0.2) is 4.98 Å². The van der Waals surface area contributed by atoms with Crippen LogP contribution in [0.5, 0.6) is 11.5 Å². The number of thiazole rings is 1. The van der Waals surface area contributed by atoms with Gasteiger partial charge in [0, 0.05) is 11.9 Å². The van der Waals surface area contributed by atoms with Crippen LogP contribution < -0.4 is 14.8 Å². The topological polar surface area (TPSA) is 43.4 Å². The minimum absolute atomic E-state index is 0.467. The molecule has 0 aliphatic rings. The van der Waals surface area contributed by atoms with Crippen LogP contribution in [0.2, 0.25) is 0 Å². The molecular formula is C14H18N2O2S. The van der Waals surface area contributed by atoms with Crippen LogP contribution in [0, 0.1) is 0 Å². The maximum atomic E-state index is 5.77. The molecule has 4 nitrogen and oxygen atoms in total. The SMILES string of the molecule is CCOc1cc(CNC)ccc1OCc1cscn1. The van der Waals surface area contributed by atoms with Gasteiger partial charge < -0.3 is 14.8 Å². The molecule has 19 heavy (non-hydrogen) atoms. The van der Waals surface area contributed by atoms with Gasteiger partial charge in [-0.05, 0) is 31.7 Å². The molecule has 0 atom stereocenters. The molecule has 102 valence electrons. The van der Waals surface area contributed by atoms with Gasteiger partial charge >= 0.3 is 0 Å². The van der Waals surface area contributed by atoms with Gasteiger partial charge in [-0.3, -0.25) is 0 Å². The summed E-state index contributed by atoms with van der Waals surface area (Å²) in [6.07, 6.45) is 0. The molecular weight excluding hydrogens is 260 g/mol. The second-order valence-corrected chi connectivity index (χ2v) is 4.73. The van der Waals surface area contributed by atoms with Gasteiger partial charge in [0.1, 0.15) is 6.61 Å². The third-order valence-corrected chi connectivity index (χ3v) is 3.18. The number of hydrogen-bond donors (Lipinski definition) is 1. The highest BCUT2D eigenvalue weighted by atomic mass is 32.1. The van der Waals surface area contributed by atoms with E-state index in [1.807, 2.05) is 37.6 Å². The van der Waals surface area contributed by atoms with Gasteiger partial charge in [0.05, 0.1) is 17.8 Å². The molecule has 1 heterocycles. The number of nitrogens with one attached hydrogen (secondary N) is 1. The lowest BCUT2D eigenvalue weighted by Gasteiger charge is -2.12. The van der Waals surface area contributed by atoms with E-state index in [4.69, 9.17) is 9.47 Å². The van der Waals surface area contributed by atoms with Crippen LogP contribution in [0.15, 0.2) is 29.1 Å². The molecule has 0 aliphatic carbocycles. The van der Waals surface area contributed by atoms with Crippen molar-refractivity contribution in [1.29, 1.82) is 0 Å². The predicted molar refractivity (Wildman–Crippen MR) is 76.8 cm³/mol. The monoisotopic (exact) mass is 278 g/mol. The van der Waals surface area contributed by atoms with E-state index < -0.39 is 0 Å². The van der Waals surface area contributed by atoms with Crippen molar-refractivity contribution in [3.05, 3.63) is 40.3 Å². The molecule has 1 aromatic heterocycles. The van der Waals surface area contributed by atoms with E-state index in [0.717, 1.165) is 23.7 Å². The molecule has 2 aromatic rings. The fraction of sp³-hybridized carbons (Fsp3) is 0.357. The van der Waals surface area contributed by atoms with Crippen LogP contribution in [0.1, 0.15) is 18.2 Å². The first-order chi connectivity index (χ1) is 9.33. The Bertz CT molecular complexity index is 500. The summed E-state index contributed by atoms with van der Waals surface area (Å²) in [4.78, 5) is 4.20. The van der Waals surface area contributed by atoms with Gasteiger partial charge in [0.25, 0.3) is 0 Å². The van der Waals surface area contributed by atoms with Crippen molar-refractivity contribution >= 4 is 11.3 Å². The Morgan fingerprint density at radius 1 is 1.26 bits per heavy atom. The van der Waals surface area contributed by atoms with Crippen molar-refractivity contribution in [2.24, 2.45) is 0 Å². The largest absolute Gasteiger partial charge is 0.490 e. The summed E-state index contributed by atoms with van der Waals surface area (Å²) in [6.45, 7) is 3.87. The zero-order valence-corrected chi connectivity index (χ0v) is 12.0. The van der Waals surface area contributed by atoms with Gasteiger partial charge in [-0.1, -0.05) is 6.07 Å². The van der Waals surface area contributed by atoms with E-state index in [0.29, 0.717) is 13.2 Å². The summed E-state index contributed by atoms with van der Waals surface area (Å²) in [7, 11) is 1.92. The van der Waals surface area contributed by atoms with Crippen LogP contribution in [0.4, 0.5) is 0 Å². The van der Waals surface area contributed by atoms with Gasteiger partial charge in [0.2, 0.25) is 0 Å². The molecule has 5 heteroatoms. The number of hydrogen-bond acceptors (Lipinski definition) is 5. The Hall–Kier alpha value is -1.59. The predicted octanol–water partition coefficient (Wildman–Crippen LogP) is 2.84. The Balaban J connectivity index is 2.09. The lowest BCUT2D eigenvalue weighted by atomic mass is 10.2. The molecule has 0 amide bonds. The minimum atomic E-state index is 0.467. The second-order valence-electron chi connectivity index (χ2n) is 4.01. The third-order valence-electron chi connectivity index (χ3n) is 2.55. The molecule has 1 aromatic carbocycles. The van der Waals surface area contributed by atoms with Crippen molar-refractivity contribution in [2.45, 2.75) is 20.1 Å². The molecule has 0 saturated heterocycles. The van der Waals surface area contributed by atoms with E-state index in [1.54, 1.807) is 16.8 Å². The Morgan fingerprint density at radius 2 is 2.16 bits per heavy atom. The average Bonchev–Trinajstić information content (AvgIpc) is 2.92. The first-order valence-corrected chi connectivity index (χ1v) is 7.18. The number of aromatic nitrogens is 1. The lowest BCUT2D eigenvalue weighted by Crippen LogP contribution is -2.06. The number of nitrogens with zero attached hydrogens (tertiary/aromatic N) is 1. The van der Waals surface area contributed by atoms with Crippen LogP contribution in [0.3, 0.4) is 0 Å². The van der Waals surface area contributed by atoms with Gasteiger partial charge in [-0.15, -0.1) is 11.3 Å². The maximum absolute atomic E-state index is 5.77. The van der Waals surface area contributed by atoms with E-state index in [-0.39, 0.29) is 0 Å². The maximum Gasteiger partial charge on any atom is 0.161 e. The average molecular weight is 278 g/mol. The van der Waals surface area contributed by atoms with Crippen molar-refractivity contribution in [1.82, 2.24) is 10.3 Å². The van der Waals surface area contributed by atoms with Gasteiger partial charge in [0.15, 0.2) is 11.5 Å². The second kappa shape index (κ2) is 7.11. The summed E-state index contributed by atoms with van der Waals surface area (Å²) in [6, 6.07) is 6.00. The summed E-state index contributed by atoms with van der Waals surface area (Å²) in [5.74, 6) is 1.54. The minimum Gasteiger partial charge on any atom is -0.490 e. The molecule has 0 spiro atoms. The van der Waals surface area contributed by atoms with Crippen molar-refractivity contribution < 1.29 is 9.47 Å². The number of benzene rings is 1. The molecule has 0 radical (unpaired) electrons. The van der Waals surface area contributed by atoms with E-state index in [9.17, 15) is 0 Å². The third kappa shape index (κ3) is 3.94. The summed E-state index contributed by atoms with van der Waals surface area (Å²) >= 11 is 1.57. The van der Waals surface area contributed by atoms with Gasteiger partial charge in [-0.2, -0.15) is 0 Å². The smallest absolute Gasteiger partial charge is 0.161 e. The van der Waals surface area contributed by atoms with Crippen LogP contribution in [-0.4, -0.2) is 18.6 Å². The Morgan fingerprint density at radius 3 is 2.84 bits per heavy atom. The van der Waals surface area contributed by atoms with E-state index >= 15 is 0 Å². The summed E-state index contributed by atoms with van der Waals surface area (Å²) in [5.41, 5.74) is 3.91. The first-order valence-electron chi connectivity index (χ1n) is 6.23. The molecule has 1 N–H and O–H groups in total. The van der Waals surface area contributed by atoms with Crippen LogP contribution in [0.25, 0.3) is 0 Å². The van der Waals surface area contributed by atoms with Crippen molar-refractivity contribution in [2.75, 3.05) is 13.7 Å². The van der Waals surface area contributed by atoms with E-state index in [2.05, 4.69) is 10.3 Å². The normalized spacial score (nSPS) is 10.4. The lowest BCUT2D eigenvalue weighted by molar-refractivity contribution is 0.266. The standard InChI is InChI=1S/C14H18N2O2S/c1-3-17-14-6-11(7-15-2)4-5-13(14)18-8-12-9-19-10-16-12/h4-6,9-10,15H,3,7-8H2,1-2H3. The molecule has 0 bridgehead atoms. The molecule has 0 aliphatic heterocycles. The van der Waals surface area contributed by atoms with Crippen molar-refractivity contribution in [3.8, 4) is 11.5 Å². The quantitative estimate of drug-likeness (QED) is 0.846. The zero-order valence-electron chi connectivity index (χ0n) is 11.2. The van der Waals surface area contributed by atoms with Crippen LogP contribution in [-0.2, 0) is 13.2 Å². The fourth-order valence-electron chi connectivity index (χ4n) is 1.71. The summed E-state index contributed by atoms with van der Waals surface area (Å²) < 4.78 is 11.4. The molecule has 0 unspecified atom stereocenters. The first kappa shape index (κ1) is 13.8. The molecule has 0 fully saturated rings. The van der Waals surface area contributed by atoms with E-state index in [1.165, 1.54) is 5.56 Å². The van der Waals surface area contributed by atoms with Crippen LogP contribution >= 0.6 is 11.3 Å². The highest BCUT2D eigenvalue weighted by Gasteiger charge is 2.07. The Labute approximate surface area is 117 Å². The molecule has 2 rings (SSSR count). The highest BCUT2D eigenvalue weighted by Crippen LogP contribution is 2.29. The Kier molecular flexibility index (Phi) is 5.18. The highest BCUT2D eigenvalue weighted by molar-refractivity contribution is 7.07. The number of rotatable bonds is 7.